The van der Waals surface area contributed by atoms with E-state index in [1.54, 1.807) is 7.11 Å². The molecule has 6 nitrogen and oxygen atoms in total. The first-order valence-electron chi connectivity index (χ1n) is 7.99. The van der Waals surface area contributed by atoms with Crippen molar-refractivity contribution in [3.8, 4) is 5.75 Å². The molecule has 3 N–H and O–H groups in total. The minimum atomic E-state index is -0.128. The van der Waals surface area contributed by atoms with Gasteiger partial charge in [0.1, 0.15) is 5.75 Å². The van der Waals surface area contributed by atoms with Crippen molar-refractivity contribution < 1.29 is 14.3 Å². The molecule has 0 aliphatic carbocycles. The summed E-state index contributed by atoms with van der Waals surface area (Å²) in [5.41, 5.74) is 3.43. The Bertz CT molecular complexity index is 759. The number of aryl methyl sites for hydroxylation is 1. The van der Waals surface area contributed by atoms with E-state index < -0.39 is 0 Å². The van der Waals surface area contributed by atoms with Gasteiger partial charge in [-0.05, 0) is 42.3 Å². The highest BCUT2D eigenvalue weighted by Crippen LogP contribution is 2.20. The largest absolute Gasteiger partial charge is 0.497 e. The van der Waals surface area contributed by atoms with E-state index in [2.05, 4.69) is 16.0 Å². The van der Waals surface area contributed by atoms with Crippen molar-refractivity contribution in [1.29, 1.82) is 0 Å². The highest BCUT2D eigenvalue weighted by Gasteiger charge is 2.05. The molecule has 0 aliphatic heterocycles. The lowest BCUT2D eigenvalue weighted by molar-refractivity contribution is -0.119. The number of hydrogen-bond acceptors (Lipinski definition) is 4. The van der Waals surface area contributed by atoms with Gasteiger partial charge in [-0.15, -0.1) is 0 Å². The number of carbonyl (C=O) groups excluding carboxylic acids is 2. The van der Waals surface area contributed by atoms with Crippen LogP contribution in [0.2, 0.25) is 0 Å². The molecular weight excluding hydrogens is 318 g/mol. The van der Waals surface area contributed by atoms with Crippen LogP contribution in [0, 0.1) is 6.92 Å². The maximum atomic E-state index is 12.0. The molecule has 0 spiro atoms. The molecule has 2 amide bonds. The molecule has 0 unspecified atom stereocenters. The second-order valence-corrected chi connectivity index (χ2v) is 5.69. The summed E-state index contributed by atoms with van der Waals surface area (Å²) >= 11 is 0. The molecule has 0 radical (unpaired) electrons. The standard InChI is InChI=1S/C19H23N3O3/c1-13-7-8-16(10-18(13)22-14(2)23)20-12-19(24)21-11-15-5-4-6-17(9-15)25-3/h4-10,20H,11-12H2,1-3H3,(H,21,24)(H,22,23). The highest BCUT2D eigenvalue weighted by molar-refractivity contribution is 5.90. The maximum Gasteiger partial charge on any atom is 0.239 e. The van der Waals surface area contributed by atoms with Gasteiger partial charge in [0.15, 0.2) is 0 Å². The number of rotatable bonds is 7. The summed E-state index contributed by atoms with van der Waals surface area (Å²) in [6.45, 7) is 3.96. The topological polar surface area (TPSA) is 79.5 Å². The lowest BCUT2D eigenvalue weighted by atomic mass is 10.1. The van der Waals surface area contributed by atoms with Crippen LogP contribution in [0.3, 0.4) is 0 Å². The molecule has 0 atom stereocenters. The lowest BCUT2D eigenvalue weighted by Gasteiger charge is -2.12. The predicted octanol–water partition coefficient (Wildman–Crippen LogP) is 2.69. The number of nitrogens with one attached hydrogen (secondary N) is 3. The van der Waals surface area contributed by atoms with Gasteiger partial charge < -0.3 is 20.7 Å². The van der Waals surface area contributed by atoms with Gasteiger partial charge in [0.25, 0.3) is 0 Å². The number of carbonyl (C=O) groups is 2. The Morgan fingerprint density at radius 2 is 1.92 bits per heavy atom. The summed E-state index contributed by atoms with van der Waals surface area (Å²) in [5.74, 6) is 0.510. The monoisotopic (exact) mass is 341 g/mol. The van der Waals surface area contributed by atoms with E-state index in [0.717, 1.165) is 28.3 Å². The molecule has 2 rings (SSSR count). The Balaban J connectivity index is 1.86. The van der Waals surface area contributed by atoms with Crippen molar-refractivity contribution in [3.05, 3.63) is 53.6 Å². The van der Waals surface area contributed by atoms with Crippen LogP contribution in [-0.4, -0.2) is 25.5 Å². The maximum absolute atomic E-state index is 12.0. The molecule has 2 aromatic rings. The smallest absolute Gasteiger partial charge is 0.239 e. The summed E-state index contributed by atoms with van der Waals surface area (Å²) in [6, 6.07) is 13.1. The van der Waals surface area contributed by atoms with Gasteiger partial charge in [-0.1, -0.05) is 18.2 Å². The number of amides is 2. The van der Waals surface area contributed by atoms with Crippen molar-refractivity contribution in [1.82, 2.24) is 5.32 Å². The number of ether oxygens (including phenoxy) is 1. The quantitative estimate of drug-likeness (QED) is 0.723. The van der Waals surface area contributed by atoms with Crippen molar-refractivity contribution in [3.63, 3.8) is 0 Å². The minimum Gasteiger partial charge on any atom is -0.497 e. The minimum absolute atomic E-state index is 0.121. The first kappa shape index (κ1) is 18.3. The van der Waals surface area contributed by atoms with Gasteiger partial charge >= 0.3 is 0 Å². The molecule has 0 fully saturated rings. The zero-order valence-corrected chi connectivity index (χ0v) is 14.7. The molecule has 2 aromatic carbocycles. The van der Waals surface area contributed by atoms with Gasteiger partial charge in [0.2, 0.25) is 11.8 Å². The summed E-state index contributed by atoms with van der Waals surface area (Å²) < 4.78 is 5.16. The summed E-state index contributed by atoms with van der Waals surface area (Å²) in [7, 11) is 1.61. The van der Waals surface area contributed by atoms with Crippen molar-refractivity contribution in [2.75, 3.05) is 24.3 Å². The third-order valence-corrected chi connectivity index (χ3v) is 3.63. The van der Waals surface area contributed by atoms with Gasteiger partial charge in [-0.2, -0.15) is 0 Å². The highest BCUT2D eigenvalue weighted by atomic mass is 16.5. The van der Waals surface area contributed by atoms with Gasteiger partial charge in [-0.25, -0.2) is 0 Å². The lowest BCUT2D eigenvalue weighted by Crippen LogP contribution is -2.29. The molecule has 0 saturated heterocycles. The molecule has 25 heavy (non-hydrogen) atoms. The number of hydrogen-bond donors (Lipinski definition) is 3. The van der Waals surface area contributed by atoms with E-state index in [4.69, 9.17) is 4.74 Å². The third kappa shape index (κ3) is 5.84. The van der Waals surface area contributed by atoms with Crippen LogP contribution in [0.4, 0.5) is 11.4 Å². The molecule has 6 heteroatoms. The Morgan fingerprint density at radius 1 is 1.12 bits per heavy atom. The van der Waals surface area contributed by atoms with E-state index in [0.29, 0.717) is 6.54 Å². The first-order chi connectivity index (χ1) is 12.0. The Labute approximate surface area is 147 Å². The number of methoxy groups -OCH3 is 1. The fourth-order valence-corrected chi connectivity index (χ4v) is 2.28. The van der Waals surface area contributed by atoms with Crippen molar-refractivity contribution in [2.24, 2.45) is 0 Å². The summed E-state index contributed by atoms with van der Waals surface area (Å²) in [5, 5.41) is 8.68. The van der Waals surface area contributed by atoms with Crippen LogP contribution < -0.4 is 20.7 Å². The SMILES string of the molecule is COc1cccc(CNC(=O)CNc2ccc(C)c(NC(C)=O)c2)c1. The predicted molar refractivity (Wildman–Crippen MR) is 98.8 cm³/mol. The zero-order valence-electron chi connectivity index (χ0n) is 14.7. The third-order valence-electron chi connectivity index (χ3n) is 3.63. The van der Waals surface area contributed by atoms with Crippen molar-refractivity contribution in [2.45, 2.75) is 20.4 Å². The van der Waals surface area contributed by atoms with Gasteiger partial charge in [0.05, 0.1) is 13.7 Å². The molecule has 132 valence electrons. The van der Waals surface area contributed by atoms with Crippen LogP contribution in [0.5, 0.6) is 5.75 Å². The normalized spacial score (nSPS) is 10.0. The number of anilines is 2. The average Bonchev–Trinajstić information content (AvgIpc) is 2.60. The Morgan fingerprint density at radius 3 is 2.64 bits per heavy atom. The fraction of sp³-hybridized carbons (Fsp3) is 0.263. The molecular formula is C19H23N3O3. The number of benzene rings is 2. The zero-order chi connectivity index (χ0) is 18.2. The van der Waals surface area contributed by atoms with Crippen LogP contribution in [-0.2, 0) is 16.1 Å². The second kappa shape index (κ2) is 8.73. The fourth-order valence-electron chi connectivity index (χ4n) is 2.28. The molecule has 0 aliphatic rings. The van der Waals surface area contributed by atoms with Crippen molar-refractivity contribution >= 4 is 23.2 Å². The van der Waals surface area contributed by atoms with Crippen LogP contribution in [0.1, 0.15) is 18.1 Å². The van der Waals surface area contributed by atoms with E-state index in [9.17, 15) is 9.59 Å². The molecule has 0 heterocycles. The van der Waals surface area contributed by atoms with Gasteiger partial charge in [-0.3, -0.25) is 9.59 Å². The van der Waals surface area contributed by atoms with E-state index in [1.807, 2.05) is 49.4 Å². The van der Waals surface area contributed by atoms with E-state index in [1.165, 1.54) is 6.92 Å². The Hall–Kier alpha value is -3.02. The Kier molecular flexibility index (Phi) is 6.39. The van der Waals surface area contributed by atoms with Crippen LogP contribution >= 0.6 is 0 Å². The van der Waals surface area contributed by atoms with Crippen LogP contribution in [0.25, 0.3) is 0 Å². The van der Waals surface area contributed by atoms with Gasteiger partial charge in [0, 0.05) is 24.8 Å². The molecule has 0 aromatic heterocycles. The van der Waals surface area contributed by atoms with E-state index >= 15 is 0 Å². The molecule has 0 bridgehead atoms. The second-order valence-electron chi connectivity index (χ2n) is 5.69. The van der Waals surface area contributed by atoms with E-state index in [-0.39, 0.29) is 18.4 Å². The first-order valence-corrected chi connectivity index (χ1v) is 7.99. The van der Waals surface area contributed by atoms with Crippen LogP contribution in [0.15, 0.2) is 42.5 Å². The summed E-state index contributed by atoms with van der Waals surface area (Å²) in [6.07, 6.45) is 0. The molecule has 0 saturated carbocycles. The summed E-state index contributed by atoms with van der Waals surface area (Å²) in [4.78, 5) is 23.2. The average molecular weight is 341 g/mol.